The Hall–Kier alpha value is -3.81. The summed E-state index contributed by atoms with van der Waals surface area (Å²) in [7, 11) is 0. The van der Waals surface area contributed by atoms with Crippen LogP contribution in [-0.4, -0.2) is 32.9 Å². The lowest BCUT2D eigenvalue weighted by Crippen LogP contribution is -2.42. The Bertz CT molecular complexity index is 1010. The first-order valence-corrected chi connectivity index (χ1v) is 8.06. The van der Waals surface area contributed by atoms with E-state index in [1.54, 1.807) is 24.4 Å². The predicted molar refractivity (Wildman–Crippen MR) is 97.4 cm³/mol. The molecule has 27 heavy (non-hydrogen) atoms. The topological polar surface area (TPSA) is 122 Å². The summed E-state index contributed by atoms with van der Waals surface area (Å²) in [5.74, 6) is -1.75. The number of fused-ring (bicyclic) bond motifs is 1. The van der Waals surface area contributed by atoms with Gasteiger partial charge in [-0.15, -0.1) is 0 Å². The van der Waals surface area contributed by atoms with E-state index in [0.29, 0.717) is 11.1 Å². The maximum Gasteiger partial charge on any atom is 0.326 e. The lowest BCUT2D eigenvalue weighted by Gasteiger charge is -2.15. The third kappa shape index (κ3) is 4.06. The van der Waals surface area contributed by atoms with Crippen molar-refractivity contribution in [2.45, 2.75) is 12.5 Å². The highest BCUT2D eigenvalue weighted by Gasteiger charge is 2.22. The maximum absolute atomic E-state index is 12.6. The van der Waals surface area contributed by atoms with Crippen molar-refractivity contribution in [3.63, 3.8) is 0 Å². The smallest absolute Gasteiger partial charge is 0.326 e. The number of aromatic nitrogens is 1. The summed E-state index contributed by atoms with van der Waals surface area (Å²) in [5, 5.41) is 23.4. The number of nitro benzene ring substituents is 1. The number of carbonyl (C=O) groups is 2. The van der Waals surface area contributed by atoms with Crippen LogP contribution in [0.4, 0.5) is 5.69 Å². The average Bonchev–Trinajstić information content (AvgIpc) is 2.67. The molecule has 1 amide bonds. The molecule has 0 bridgehead atoms. The number of hydrogen-bond acceptors (Lipinski definition) is 5. The number of carbonyl (C=O) groups excluding carboxylic acids is 1. The Morgan fingerprint density at radius 3 is 2.48 bits per heavy atom. The summed E-state index contributed by atoms with van der Waals surface area (Å²) in [6, 6.07) is 13.0. The van der Waals surface area contributed by atoms with E-state index in [2.05, 4.69) is 10.3 Å². The van der Waals surface area contributed by atoms with Gasteiger partial charge in [-0.05, 0) is 17.7 Å². The number of benzene rings is 2. The molecule has 0 unspecified atom stereocenters. The van der Waals surface area contributed by atoms with Gasteiger partial charge in [0.15, 0.2) is 0 Å². The van der Waals surface area contributed by atoms with E-state index in [-0.39, 0.29) is 17.7 Å². The van der Waals surface area contributed by atoms with E-state index in [4.69, 9.17) is 0 Å². The zero-order chi connectivity index (χ0) is 19.4. The van der Waals surface area contributed by atoms with Crippen LogP contribution in [0.1, 0.15) is 15.9 Å². The van der Waals surface area contributed by atoms with Crippen molar-refractivity contribution in [2.75, 3.05) is 0 Å². The van der Waals surface area contributed by atoms with Gasteiger partial charge in [-0.3, -0.25) is 19.9 Å². The van der Waals surface area contributed by atoms with Crippen molar-refractivity contribution >= 4 is 28.5 Å². The van der Waals surface area contributed by atoms with Crippen LogP contribution in [-0.2, 0) is 11.2 Å². The molecule has 2 aromatic carbocycles. The number of nitrogens with zero attached hydrogens (tertiary/aromatic N) is 2. The van der Waals surface area contributed by atoms with E-state index in [9.17, 15) is 24.8 Å². The number of nitrogens with one attached hydrogen (secondary N) is 1. The molecule has 0 spiro atoms. The third-order valence-corrected chi connectivity index (χ3v) is 4.07. The number of para-hydroxylation sites is 1. The Labute approximate surface area is 153 Å². The minimum atomic E-state index is -1.20. The zero-order valence-corrected chi connectivity index (χ0v) is 14.0. The molecule has 0 aliphatic heterocycles. The Morgan fingerprint density at radius 1 is 1.11 bits per heavy atom. The van der Waals surface area contributed by atoms with Crippen LogP contribution in [0, 0.1) is 10.1 Å². The molecule has 0 saturated heterocycles. The van der Waals surface area contributed by atoms with E-state index in [1.165, 1.54) is 24.3 Å². The minimum absolute atomic E-state index is 0.00272. The molecule has 2 N–H and O–H groups in total. The summed E-state index contributed by atoms with van der Waals surface area (Å²) in [5.41, 5.74) is 1.24. The number of pyridine rings is 1. The molecule has 8 heteroatoms. The van der Waals surface area contributed by atoms with E-state index in [1.807, 2.05) is 12.1 Å². The highest BCUT2D eigenvalue weighted by Crippen LogP contribution is 2.17. The highest BCUT2D eigenvalue weighted by atomic mass is 16.6. The van der Waals surface area contributed by atoms with Gasteiger partial charge in [0, 0.05) is 30.1 Å². The van der Waals surface area contributed by atoms with E-state index in [0.717, 1.165) is 5.39 Å². The van der Waals surface area contributed by atoms with E-state index < -0.39 is 22.8 Å². The van der Waals surface area contributed by atoms with Gasteiger partial charge in [0.2, 0.25) is 0 Å². The molecule has 0 aliphatic carbocycles. The monoisotopic (exact) mass is 365 g/mol. The number of rotatable bonds is 6. The van der Waals surface area contributed by atoms with Crippen molar-refractivity contribution < 1.29 is 19.6 Å². The van der Waals surface area contributed by atoms with Crippen LogP contribution >= 0.6 is 0 Å². The van der Waals surface area contributed by atoms with Crippen molar-refractivity contribution in [3.05, 3.63) is 82.0 Å². The predicted octanol–water partition coefficient (Wildman–Crippen LogP) is 2.57. The van der Waals surface area contributed by atoms with Crippen LogP contribution in [0.25, 0.3) is 10.9 Å². The summed E-state index contributed by atoms with van der Waals surface area (Å²) in [4.78, 5) is 38.5. The number of aliphatic carboxylic acids is 1. The van der Waals surface area contributed by atoms with Gasteiger partial charge in [-0.1, -0.05) is 30.3 Å². The normalized spacial score (nSPS) is 11.7. The SMILES string of the molecule is O=C(N[C@H](Cc1ccc([N+](=O)[O-])cc1)C(=O)O)c1cccc2cccnc12. The van der Waals surface area contributed by atoms with Crippen molar-refractivity contribution in [3.8, 4) is 0 Å². The fraction of sp³-hybridized carbons (Fsp3) is 0.105. The van der Waals surface area contributed by atoms with Gasteiger partial charge in [0.05, 0.1) is 16.0 Å². The van der Waals surface area contributed by atoms with Crippen LogP contribution in [0.5, 0.6) is 0 Å². The molecule has 1 aromatic heterocycles. The molecule has 136 valence electrons. The third-order valence-electron chi connectivity index (χ3n) is 4.07. The Morgan fingerprint density at radius 2 is 1.81 bits per heavy atom. The number of hydrogen-bond donors (Lipinski definition) is 2. The van der Waals surface area contributed by atoms with Crippen molar-refractivity contribution in [1.82, 2.24) is 10.3 Å². The van der Waals surface area contributed by atoms with Crippen molar-refractivity contribution in [2.24, 2.45) is 0 Å². The first-order valence-electron chi connectivity index (χ1n) is 8.06. The lowest BCUT2D eigenvalue weighted by molar-refractivity contribution is -0.384. The molecular formula is C19H15N3O5. The fourth-order valence-electron chi connectivity index (χ4n) is 2.71. The van der Waals surface area contributed by atoms with Crippen LogP contribution in [0.3, 0.4) is 0 Å². The Kier molecular flexibility index (Phi) is 5.07. The molecule has 0 fully saturated rings. The van der Waals surface area contributed by atoms with Gasteiger partial charge >= 0.3 is 5.97 Å². The van der Waals surface area contributed by atoms with Crippen LogP contribution < -0.4 is 5.32 Å². The molecule has 1 heterocycles. The maximum atomic E-state index is 12.6. The summed E-state index contributed by atoms with van der Waals surface area (Å²) < 4.78 is 0. The minimum Gasteiger partial charge on any atom is -0.480 e. The van der Waals surface area contributed by atoms with Gasteiger partial charge in [0.25, 0.3) is 11.6 Å². The standard InChI is InChI=1S/C19H15N3O5/c23-18(15-5-1-3-13-4-2-10-20-17(13)15)21-16(19(24)25)11-12-6-8-14(9-7-12)22(26)27/h1-10,16H,11H2,(H,21,23)(H,24,25)/t16-/m1/s1. The van der Waals surface area contributed by atoms with Crippen LogP contribution in [0.2, 0.25) is 0 Å². The second-order valence-electron chi connectivity index (χ2n) is 5.87. The first-order chi connectivity index (χ1) is 13.0. The molecule has 0 radical (unpaired) electrons. The summed E-state index contributed by atoms with van der Waals surface area (Å²) in [6.07, 6.45) is 1.56. The highest BCUT2D eigenvalue weighted by molar-refractivity contribution is 6.06. The first kappa shape index (κ1) is 18.0. The molecule has 8 nitrogen and oxygen atoms in total. The molecule has 3 rings (SSSR count). The second-order valence-corrected chi connectivity index (χ2v) is 5.87. The Balaban J connectivity index is 1.80. The number of carboxylic acid groups (broad SMARTS) is 1. The largest absolute Gasteiger partial charge is 0.480 e. The molecular weight excluding hydrogens is 350 g/mol. The fourth-order valence-corrected chi connectivity index (χ4v) is 2.71. The zero-order valence-electron chi connectivity index (χ0n) is 14.0. The van der Waals surface area contributed by atoms with Gasteiger partial charge < -0.3 is 10.4 Å². The number of amides is 1. The summed E-state index contributed by atoms with van der Waals surface area (Å²) in [6.45, 7) is 0. The second kappa shape index (κ2) is 7.61. The van der Waals surface area contributed by atoms with Gasteiger partial charge in [0.1, 0.15) is 6.04 Å². The number of carboxylic acids is 1. The lowest BCUT2D eigenvalue weighted by atomic mass is 10.0. The molecule has 1 atom stereocenters. The van der Waals surface area contributed by atoms with Crippen LogP contribution in [0.15, 0.2) is 60.8 Å². The number of nitro groups is 1. The summed E-state index contributed by atoms with van der Waals surface area (Å²) >= 11 is 0. The van der Waals surface area contributed by atoms with Gasteiger partial charge in [-0.25, -0.2) is 4.79 Å². The average molecular weight is 365 g/mol. The molecule has 3 aromatic rings. The molecule has 0 aliphatic rings. The van der Waals surface area contributed by atoms with Gasteiger partial charge in [-0.2, -0.15) is 0 Å². The molecule has 0 saturated carbocycles. The van der Waals surface area contributed by atoms with E-state index >= 15 is 0 Å². The quantitative estimate of drug-likeness (QED) is 0.511. The number of non-ortho nitro benzene ring substituents is 1. The van der Waals surface area contributed by atoms with Crippen molar-refractivity contribution in [1.29, 1.82) is 0 Å².